The van der Waals surface area contributed by atoms with Gasteiger partial charge in [-0.25, -0.2) is 0 Å². The second kappa shape index (κ2) is 8.42. The highest BCUT2D eigenvalue weighted by atomic mass is 79.9. The largest absolute Gasteiger partial charge is 0.324 e. The zero-order valence-electron chi connectivity index (χ0n) is 12.9. The number of nitrogens with zero attached hydrogens (tertiary/aromatic N) is 1. The molecule has 0 aromatic heterocycles. The Morgan fingerprint density at radius 2 is 2.10 bits per heavy atom. The van der Waals surface area contributed by atoms with Crippen molar-refractivity contribution in [3.05, 3.63) is 28.2 Å². The van der Waals surface area contributed by atoms with Gasteiger partial charge in [0, 0.05) is 4.47 Å². The Morgan fingerprint density at radius 3 is 2.65 bits per heavy atom. The number of hydrogen-bond donors (Lipinski definition) is 1. The molecule has 0 aliphatic carbocycles. The zero-order chi connectivity index (χ0) is 15.1. The van der Waals surface area contributed by atoms with E-state index in [-0.39, 0.29) is 11.9 Å². The molecule has 1 unspecified atom stereocenters. The van der Waals surface area contributed by atoms with Gasteiger partial charge in [0.1, 0.15) is 0 Å². The number of nitrogens with one attached hydrogen (secondary N) is 1. The fraction of sp³-hybridized carbons (Fsp3) is 0.562. The van der Waals surface area contributed by atoms with Gasteiger partial charge in [0.05, 0.1) is 11.7 Å². The maximum atomic E-state index is 12.3. The van der Waals surface area contributed by atoms with Crippen LogP contribution in [0.15, 0.2) is 22.7 Å². The molecule has 0 radical (unpaired) electrons. The van der Waals surface area contributed by atoms with Crippen molar-refractivity contribution in [3.8, 4) is 0 Å². The van der Waals surface area contributed by atoms with Gasteiger partial charge in [0.2, 0.25) is 5.91 Å². The summed E-state index contributed by atoms with van der Waals surface area (Å²) in [6.45, 7) is 10.1. The fourth-order valence-corrected chi connectivity index (χ4v) is 2.70. The van der Waals surface area contributed by atoms with Gasteiger partial charge in [0.25, 0.3) is 0 Å². The third-order valence-electron chi connectivity index (χ3n) is 3.51. The molecule has 1 atom stereocenters. The van der Waals surface area contributed by atoms with Crippen LogP contribution >= 0.6 is 15.9 Å². The molecule has 4 heteroatoms. The van der Waals surface area contributed by atoms with E-state index in [2.05, 4.69) is 40.0 Å². The van der Waals surface area contributed by atoms with E-state index >= 15 is 0 Å². The Bertz CT molecular complexity index is 448. The number of likely N-dealkylation sites (N-methyl/N-ethyl adjacent to an activating group) is 1. The standard InChI is InChI=1S/C16H25BrN2O/c1-5-7-10-19(6-2)13(4)16(20)18-15-9-8-12(3)11-14(15)17/h8-9,11,13H,5-7,10H2,1-4H3,(H,18,20). The van der Waals surface area contributed by atoms with Crippen molar-refractivity contribution in [1.29, 1.82) is 0 Å². The topological polar surface area (TPSA) is 32.3 Å². The Labute approximate surface area is 130 Å². The summed E-state index contributed by atoms with van der Waals surface area (Å²) in [5.74, 6) is 0.0486. The average Bonchev–Trinajstić information content (AvgIpc) is 2.42. The van der Waals surface area contributed by atoms with E-state index in [4.69, 9.17) is 0 Å². The normalized spacial score (nSPS) is 12.5. The quantitative estimate of drug-likeness (QED) is 0.806. The maximum Gasteiger partial charge on any atom is 0.241 e. The molecular formula is C16H25BrN2O. The molecule has 112 valence electrons. The van der Waals surface area contributed by atoms with Crippen molar-refractivity contribution in [3.63, 3.8) is 0 Å². The molecule has 1 rings (SSSR count). The van der Waals surface area contributed by atoms with E-state index < -0.39 is 0 Å². The number of aryl methyl sites for hydroxylation is 1. The van der Waals surface area contributed by atoms with Crippen LogP contribution in [0.25, 0.3) is 0 Å². The molecule has 0 heterocycles. The van der Waals surface area contributed by atoms with Crippen LogP contribution in [-0.4, -0.2) is 29.9 Å². The van der Waals surface area contributed by atoms with Gasteiger partial charge in [-0.15, -0.1) is 0 Å². The number of amides is 1. The van der Waals surface area contributed by atoms with Gasteiger partial charge in [0.15, 0.2) is 0 Å². The first kappa shape index (κ1) is 17.2. The SMILES string of the molecule is CCCCN(CC)C(C)C(=O)Nc1ccc(C)cc1Br. The molecule has 1 amide bonds. The van der Waals surface area contributed by atoms with Crippen LogP contribution in [0.5, 0.6) is 0 Å². The molecule has 1 aromatic carbocycles. The average molecular weight is 341 g/mol. The van der Waals surface area contributed by atoms with E-state index in [9.17, 15) is 4.79 Å². The minimum absolute atomic E-state index is 0.0486. The number of rotatable bonds is 7. The summed E-state index contributed by atoms with van der Waals surface area (Å²) in [5.41, 5.74) is 2.00. The van der Waals surface area contributed by atoms with Crippen LogP contribution in [0, 0.1) is 6.92 Å². The van der Waals surface area contributed by atoms with Crippen LogP contribution in [0.2, 0.25) is 0 Å². The lowest BCUT2D eigenvalue weighted by Crippen LogP contribution is -2.42. The van der Waals surface area contributed by atoms with E-state index in [0.29, 0.717) is 0 Å². The van der Waals surface area contributed by atoms with E-state index in [0.717, 1.165) is 36.1 Å². The lowest BCUT2D eigenvalue weighted by Gasteiger charge is -2.26. The lowest BCUT2D eigenvalue weighted by atomic mass is 10.2. The highest BCUT2D eigenvalue weighted by Crippen LogP contribution is 2.23. The third kappa shape index (κ3) is 4.91. The van der Waals surface area contributed by atoms with Crippen molar-refractivity contribution in [2.75, 3.05) is 18.4 Å². The van der Waals surface area contributed by atoms with E-state index in [1.54, 1.807) is 0 Å². The minimum atomic E-state index is -0.111. The van der Waals surface area contributed by atoms with Crippen LogP contribution < -0.4 is 5.32 Å². The van der Waals surface area contributed by atoms with Crippen molar-refractivity contribution in [2.24, 2.45) is 0 Å². The Balaban J connectivity index is 2.68. The van der Waals surface area contributed by atoms with Gasteiger partial charge in [-0.2, -0.15) is 0 Å². The van der Waals surface area contributed by atoms with Gasteiger partial charge in [-0.05, 0) is 67.0 Å². The zero-order valence-corrected chi connectivity index (χ0v) is 14.5. The second-order valence-corrected chi connectivity index (χ2v) is 5.99. The third-order valence-corrected chi connectivity index (χ3v) is 4.17. The molecule has 1 N–H and O–H groups in total. The van der Waals surface area contributed by atoms with Crippen molar-refractivity contribution in [1.82, 2.24) is 4.90 Å². The molecule has 20 heavy (non-hydrogen) atoms. The number of carbonyl (C=O) groups is 1. The van der Waals surface area contributed by atoms with Crippen LogP contribution in [-0.2, 0) is 4.79 Å². The molecule has 0 bridgehead atoms. The number of anilines is 1. The summed E-state index contributed by atoms with van der Waals surface area (Å²) in [4.78, 5) is 14.5. The summed E-state index contributed by atoms with van der Waals surface area (Å²) >= 11 is 3.49. The van der Waals surface area contributed by atoms with Gasteiger partial charge < -0.3 is 5.32 Å². The predicted molar refractivity (Wildman–Crippen MR) is 89.1 cm³/mol. The van der Waals surface area contributed by atoms with E-state index in [1.807, 2.05) is 32.0 Å². The molecule has 0 fully saturated rings. The Hall–Kier alpha value is -0.870. The van der Waals surface area contributed by atoms with Crippen LogP contribution in [0.1, 0.15) is 39.2 Å². The minimum Gasteiger partial charge on any atom is -0.324 e. The fourth-order valence-electron chi connectivity index (χ4n) is 2.11. The molecule has 0 saturated heterocycles. The second-order valence-electron chi connectivity index (χ2n) is 5.13. The number of halogens is 1. The number of carbonyl (C=O) groups excluding carboxylic acids is 1. The molecule has 0 aliphatic rings. The van der Waals surface area contributed by atoms with Crippen molar-refractivity contribution >= 4 is 27.5 Å². The number of unbranched alkanes of at least 4 members (excludes halogenated alkanes) is 1. The Morgan fingerprint density at radius 1 is 1.40 bits per heavy atom. The first-order valence-corrected chi connectivity index (χ1v) is 8.10. The summed E-state index contributed by atoms with van der Waals surface area (Å²) in [6, 6.07) is 5.83. The molecule has 0 saturated carbocycles. The van der Waals surface area contributed by atoms with Crippen molar-refractivity contribution < 1.29 is 4.79 Å². The monoisotopic (exact) mass is 340 g/mol. The smallest absolute Gasteiger partial charge is 0.241 e. The summed E-state index contributed by atoms with van der Waals surface area (Å²) in [6.07, 6.45) is 2.27. The molecule has 0 spiro atoms. The van der Waals surface area contributed by atoms with Gasteiger partial charge in [-0.1, -0.05) is 26.3 Å². The lowest BCUT2D eigenvalue weighted by molar-refractivity contribution is -0.120. The van der Waals surface area contributed by atoms with Crippen molar-refractivity contribution in [2.45, 2.75) is 46.6 Å². The first-order chi connectivity index (χ1) is 9.49. The molecular weight excluding hydrogens is 316 g/mol. The highest BCUT2D eigenvalue weighted by molar-refractivity contribution is 9.10. The Kier molecular flexibility index (Phi) is 7.24. The van der Waals surface area contributed by atoms with Crippen LogP contribution in [0.4, 0.5) is 5.69 Å². The predicted octanol–water partition coefficient (Wildman–Crippen LogP) is 4.21. The molecule has 1 aromatic rings. The summed E-state index contributed by atoms with van der Waals surface area (Å²) < 4.78 is 0.926. The molecule has 0 aliphatic heterocycles. The van der Waals surface area contributed by atoms with Gasteiger partial charge >= 0.3 is 0 Å². The summed E-state index contributed by atoms with van der Waals surface area (Å²) in [5, 5.41) is 3.00. The van der Waals surface area contributed by atoms with Gasteiger partial charge in [-0.3, -0.25) is 9.69 Å². The molecule has 3 nitrogen and oxygen atoms in total. The number of benzene rings is 1. The van der Waals surface area contributed by atoms with Crippen LogP contribution in [0.3, 0.4) is 0 Å². The first-order valence-electron chi connectivity index (χ1n) is 7.30. The highest BCUT2D eigenvalue weighted by Gasteiger charge is 2.20. The van der Waals surface area contributed by atoms with E-state index in [1.165, 1.54) is 5.56 Å². The maximum absolute atomic E-state index is 12.3. The summed E-state index contributed by atoms with van der Waals surface area (Å²) in [7, 11) is 0. The number of hydrogen-bond acceptors (Lipinski definition) is 2.